The Morgan fingerprint density at radius 3 is 2.58 bits per heavy atom. The van der Waals surface area contributed by atoms with E-state index in [1.807, 2.05) is 18.2 Å². The number of aryl methyl sites for hydroxylation is 2. The third-order valence-corrected chi connectivity index (χ3v) is 7.50. The van der Waals surface area contributed by atoms with Crippen molar-refractivity contribution in [3.05, 3.63) is 52.7 Å². The lowest BCUT2D eigenvalue weighted by Gasteiger charge is -2.33. The molecule has 7 heteroatoms. The van der Waals surface area contributed by atoms with Crippen LogP contribution in [0.2, 0.25) is 0 Å². The second-order valence-corrected chi connectivity index (χ2v) is 9.76. The molecule has 1 fully saturated rings. The number of anilines is 1. The number of amides is 1. The minimum atomic E-state index is 0.0532. The zero-order chi connectivity index (χ0) is 22.0. The van der Waals surface area contributed by atoms with Gasteiger partial charge in [0.1, 0.15) is 17.0 Å². The lowest BCUT2D eigenvalue weighted by Crippen LogP contribution is -2.43. The van der Waals surface area contributed by atoms with E-state index in [1.165, 1.54) is 21.4 Å². The van der Waals surface area contributed by atoms with E-state index in [4.69, 9.17) is 0 Å². The molecule has 0 aliphatic carbocycles. The number of benzene rings is 1. The molecule has 0 spiro atoms. The molecule has 0 saturated carbocycles. The summed E-state index contributed by atoms with van der Waals surface area (Å²) >= 11 is 1.73. The van der Waals surface area contributed by atoms with Crippen molar-refractivity contribution in [2.75, 3.05) is 38.6 Å². The van der Waals surface area contributed by atoms with Crippen molar-refractivity contribution in [3.8, 4) is 0 Å². The summed E-state index contributed by atoms with van der Waals surface area (Å²) < 4.78 is 0. The van der Waals surface area contributed by atoms with E-state index in [0.717, 1.165) is 36.6 Å². The monoisotopic (exact) mass is 437 g/mol. The summed E-state index contributed by atoms with van der Waals surface area (Å²) in [6, 6.07) is 10.5. The van der Waals surface area contributed by atoms with Crippen LogP contribution in [0.15, 0.2) is 36.7 Å². The van der Waals surface area contributed by atoms with Gasteiger partial charge in [-0.2, -0.15) is 0 Å². The molecule has 1 amide bonds. The maximum absolute atomic E-state index is 12.9. The van der Waals surface area contributed by atoms with E-state index in [9.17, 15) is 4.79 Å². The predicted molar refractivity (Wildman–Crippen MR) is 128 cm³/mol. The summed E-state index contributed by atoms with van der Waals surface area (Å²) in [5.74, 6) is 1.23. The smallest absolute Gasteiger partial charge is 0.223 e. The van der Waals surface area contributed by atoms with Gasteiger partial charge >= 0.3 is 0 Å². The molecule has 1 aromatic carbocycles. The van der Waals surface area contributed by atoms with Crippen molar-refractivity contribution in [3.63, 3.8) is 0 Å². The molecule has 3 aromatic rings. The summed E-state index contributed by atoms with van der Waals surface area (Å²) in [5.41, 5.74) is 2.49. The number of carbonyl (C=O) groups excluding carboxylic acids is 1. The second-order valence-electron chi connectivity index (χ2n) is 8.56. The number of piperidine rings is 1. The molecule has 164 valence electrons. The molecule has 1 aliphatic rings. The number of nitrogens with zero attached hydrogens (tertiary/aromatic N) is 4. The van der Waals surface area contributed by atoms with Crippen molar-refractivity contribution in [1.82, 2.24) is 20.2 Å². The molecule has 6 nitrogen and oxygen atoms in total. The molecule has 1 unspecified atom stereocenters. The van der Waals surface area contributed by atoms with Crippen molar-refractivity contribution < 1.29 is 4.79 Å². The van der Waals surface area contributed by atoms with Crippen LogP contribution in [0.5, 0.6) is 0 Å². The lowest BCUT2D eigenvalue weighted by atomic mass is 9.95. The Kier molecular flexibility index (Phi) is 6.53. The maximum Gasteiger partial charge on any atom is 0.223 e. The van der Waals surface area contributed by atoms with Gasteiger partial charge in [-0.25, -0.2) is 9.97 Å². The number of hydrogen-bond donors (Lipinski definition) is 1. The Balaban J connectivity index is 1.37. The third-order valence-electron chi connectivity index (χ3n) is 6.39. The fourth-order valence-electron chi connectivity index (χ4n) is 4.37. The first-order valence-electron chi connectivity index (χ1n) is 10.9. The van der Waals surface area contributed by atoms with Gasteiger partial charge in [-0.3, -0.25) is 4.79 Å². The van der Waals surface area contributed by atoms with Crippen LogP contribution in [-0.2, 0) is 4.79 Å². The number of thiophene rings is 1. The molecular formula is C24H31N5OS. The second kappa shape index (κ2) is 9.32. The van der Waals surface area contributed by atoms with Crippen molar-refractivity contribution >= 4 is 33.3 Å². The summed E-state index contributed by atoms with van der Waals surface area (Å²) in [7, 11) is 4.11. The van der Waals surface area contributed by atoms with E-state index in [-0.39, 0.29) is 17.9 Å². The number of rotatable bonds is 6. The van der Waals surface area contributed by atoms with E-state index in [0.29, 0.717) is 6.54 Å². The van der Waals surface area contributed by atoms with Gasteiger partial charge in [-0.1, -0.05) is 30.3 Å². The molecule has 1 atom stereocenters. The largest absolute Gasteiger partial charge is 0.356 e. The van der Waals surface area contributed by atoms with Crippen LogP contribution in [0, 0.1) is 19.8 Å². The lowest BCUT2D eigenvalue weighted by molar-refractivity contribution is -0.125. The molecule has 2 aromatic heterocycles. The molecule has 0 radical (unpaired) electrons. The molecule has 0 bridgehead atoms. The van der Waals surface area contributed by atoms with Gasteiger partial charge in [-0.15, -0.1) is 11.3 Å². The fourth-order valence-corrected chi connectivity index (χ4v) is 5.36. The minimum absolute atomic E-state index is 0.0532. The number of fused-ring (bicyclic) bond motifs is 1. The van der Waals surface area contributed by atoms with Gasteiger partial charge in [0.25, 0.3) is 0 Å². The van der Waals surface area contributed by atoms with E-state index in [1.54, 1.807) is 17.7 Å². The number of hydrogen-bond acceptors (Lipinski definition) is 6. The molecule has 1 N–H and O–H groups in total. The summed E-state index contributed by atoms with van der Waals surface area (Å²) in [6.45, 7) is 6.59. The average molecular weight is 438 g/mol. The predicted octanol–water partition coefficient (Wildman–Crippen LogP) is 3.94. The van der Waals surface area contributed by atoms with Crippen LogP contribution >= 0.6 is 11.3 Å². The van der Waals surface area contributed by atoms with Crippen LogP contribution in [0.3, 0.4) is 0 Å². The number of likely N-dealkylation sites (N-methyl/N-ethyl adjacent to an activating group) is 1. The van der Waals surface area contributed by atoms with Crippen molar-refractivity contribution in [2.24, 2.45) is 5.92 Å². The van der Waals surface area contributed by atoms with Crippen molar-refractivity contribution in [1.29, 1.82) is 0 Å². The Labute approximate surface area is 188 Å². The SMILES string of the molecule is Cc1sc2ncnc(N3CCC(C(=O)NCC(c4ccccc4)N(C)C)CC3)c2c1C. The quantitative estimate of drug-likeness (QED) is 0.633. The first-order valence-corrected chi connectivity index (χ1v) is 11.7. The summed E-state index contributed by atoms with van der Waals surface area (Å²) in [6.07, 6.45) is 3.35. The van der Waals surface area contributed by atoms with Gasteiger partial charge in [0, 0.05) is 30.4 Å². The highest BCUT2D eigenvalue weighted by Crippen LogP contribution is 2.35. The molecule has 3 heterocycles. The average Bonchev–Trinajstić information content (AvgIpc) is 3.08. The zero-order valence-corrected chi connectivity index (χ0v) is 19.6. The van der Waals surface area contributed by atoms with Gasteiger partial charge in [-0.05, 0) is 51.9 Å². The summed E-state index contributed by atoms with van der Waals surface area (Å²) in [4.78, 5) is 28.8. The molecule has 4 rings (SSSR count). The topological polar surface area (TPSA) is 61.4 Å². The van der Waals surface area contributed by atoms with E-state index >= 15 is 0 Å². The van der Waals surface area contributed by atoms with E-state index < -0.39 is 0 Å². The first-order chi connectivity index (χ1) is 15.0. The number of aromatic nitrogens is 2. The highest BCUT2D eigenvalue weighted by Gasteiger charge is 2.28. The van der Waals surface area contributed by atoms with Crippen LogP contribution in [0.4, 0.5) is 5.82 Å². The van der Waals surface area contributed by atoms with Crippen LogP contribution < -0.4 is 10.2 Å². The van der Waals surface area contributed by atoms with Crippen molar-refractivity contribution in [2.45, 2.75) is 32.7 Å². The van der Waals surface area contributed by atoms with Crippen LogP contribution in [0.1, 0.15) is 34.9 Å². The molecule has 1 aliphatic heterocycles. The highest BCUT2D eigenvalue weighted by molar-refractivity contribution is 7.18. The molecule has 1 saturated heterocycles. The van der Waals surface area contributed by atoms with Gasteiger partial charge < -0.3 is 15.1 Å². The Morgan fingerprint density at radius 1 is 1.19 bits per heavy atom. The Bertz CT molecular complexity index is 1040. The van der Waals surface area contributed by atoms with Gasteiger partial charge in [0.15, 0.2) is 0 Å². The normalized spacial score (nSPS) is 16.1. The standard InChI is InChI=1S/C24H31N5OS/c1-16-17(2)31-24-21(16)22(26-15-27-24)29-12-10-19(11-13-29)23(30)25-14-20(28(3)4)18-8-6-5-7-9-18/h5-9,15,19-20H,10-14H2,1-4H3,(H,25,30). The Morgan fingerprint density at radius 2 is 1.90 bits per heavy atom. The first kappa shape index (κ1) is 21.7. The summed E-state index contributed by atoms with van der Waals surface area (Å²) in [5, 5.41) is 4.38. The zero-order valence-electron chi connectivity index (χ0n) is 18.8. The number of nitrogens with one attached hydrogen (secondary N) is 1. The van der Waals surface area contributed by atoms with Gasteiger partial charge in [0.2, 0.25) is 5.91 Å². The molecular weight excluding hydrogens is 406 g/mol. The van der Waals surface area contributed by atoms with Gasteiger partial charge in [0.05, 0.1) is 11.4 Å². The van der Waals surface area contributed by atoms with Crippen LogP contribution in [-0.4, -0.2) is 54.5 Å². The van der Waals surface area contributed by atoms with Crippen LogP contribution in [0.25, 0.3) is 10.2 Å². The fraction of sp³-hybridized carbons (Fsp3) is 0.458. The minimum Gasteiger partial charge on any atom is -0.356 e. The maximum atomic E-state index is 12.9. The molecule has 31 heavy (non-hydrogen) atoms. The number of carbonyl (C=O) groups is 1. The van der Waals surface area contributed by atoms with E-state index in [2.05, 4.69) is 65.2 Å². The highest BCUT2D eigenvalue weighted by atomic mass is 32.1. The Hall–Kier alpha value is -2.51. The third kappa shape index (κ3) is 4.57.